The quantitative estimate of drug-likeness (QED) is 0.549. The highest BCUT2D eigenvalue weighted by Crippen LogP contribution is 2.31. The van der Waals surface area contributed by atoms with Gasteiger partial charge in [-0.15, -0.1) is 13.2 Å². The molecule has 2 heterocycles. The standard InChI is InChI=1S/C23H30F3N3O3/c1-5-6-7-9-16(2)17-14-27-13-11-18(17)29-21(30)22(3,4)15-31-20-19(10-8-12-28-20)32-23(24,25)26/h5-10,12,17-18,27H,2,11,13-15H2,1,3-4H3,(H,29,30)/b6-5-,9-7-/t17-,18-/m0/s1. The Kier molecular flexibility index (Phi) is 8.89. The number of pyridine rings is 1. The molecule has 1 aliphatic heterocycles. The lowest BCUT2D eigenvalue weighted by Gasteiger charge is -2.35. The zero-order valence-electron chi connectivity index (χ0n) is 18.5. The van der Waals surface area contributed by atoms with Gasteiger partial charge in [-0.1, -0.05) is 30.9 Å². The number of carbonyl (C=O) groups excluding carboxylic acids is 1. The molecular formula is C23H30F3N3O3. The van der Waals surface area contributed by atoms with E-state index in [1.807, 2.05) is 31.2 Å². The fraction of sp³-hybridized carbons (Fsp3) is 0.478. The zero-order chi connectivity index (χ0) is 23.8. The lowest BCUT2D eigenvalue weighted by molar-refractivity contribution is -0.275. The van der Waals surface area contributed by atoms with Crippen molar-refractivity contribution in [3.63, 3.8) is 0 Å². The van der Waals surface area contributed by atoms with E-state index in [1.165, 1.54) is 12.3 Å². The van der Waals surface area contributed by atoms with Crippen molar-refractivity contribution in [2.45, 2.75) is 39.6 Å². The number of rotatable bonds is 9. The van der Waals surface area contributed by atoms with E-state index in [0.717, 1.165) is 24.6 Å². The fourth-order valence-corrected chi connectivity index (χ4v) is 3.20. The van der Waals surface area contributed by atoms with Crippen LogP contribution in [0.4, 0.5) is 13.2 Å². The Balaban J connectivity index is 2.03. The first-order valence-electron chi connectivity index (χ1n) is 10.4. The Morgan fingerprint density at radius 1 is 1.38 bits per heavy atom. The SMILES string of the molecule is C=C(/C=C\C=C/C)[C@@H]1CNCC[C@@H]1NC(=O)C(C)(C)COc1ncccc1OC(F)(F)F. The van der Waals surface area contributed by atoms with Crippen LogP contribution < -0.4 is 20.1 Å². The Bertz CT molecular complexity index is 850. The van der Waals surface area contributed by atoms with Gasteiger partial charge in [0.25, 0.3) is 5.88 Å². The predicted molar refractivity (Wildman–Crippen MR) is 116 cm³/mol. The lowest BCUT2D eigenvalue weighted by atomic mass is 9.85. The van der Waals surface area contributed by atoms with Crippen molar-refractivity contribution in [3.05, 3.63) is 54.8 Å². The van der Waals surface area contributed by atoms with Crippen molar-refractivity contribution >= 4 is 5.91 Å². The number of amides is 1. The molecule has 9 heteroatoms. The summed E-state index contributed by atoms with van der Waals surface area (Å²) < 4.78 is 47.2. The Hall–Kier alpha value is -2.81. The van der Waals surface area contributed by atoms with Crippen molar-refractivity contribution < 1.29 is 27.4 Å². The Morgan fingerprint density at radius 3 is 2.81 bits per heavy atom. The Labute approximate surface area is 186 Å². The van der Waals surface area contributed by atoms with E-state index in [9.17, 15) is 18.0 Å². The molecule has 1 amide bonds. The molecular weight excluding hydrogens is 423 g/mol. The zero-order valence-corrected chi connectivity index (χ0v) is 18.5. The van der Waals surface area contributed by atoms with E-state index in [2.05, 4.69) is 26.9 Å². The summed E-state index contributed by atoms with van der Waals surface area (Å²) in [4.78, 5) is 16.8. The molecule has 0 unspecified atom stereocenters. The highest BCUT2D eigenvalue weighted by molar-refractivity contribution is 5.82. The van der Waals surface area contributed by atoms with Crippen molar-refractivity contribution in [2.75, 3.05) is 19.7 Å². The third-order valence-electron chi connectivity index (χ3n) is 5.04. The van der Waals surface area contributed by atoms with Gasteiger partial charge < -0.3 is 20.1 Å². The van der Waals surface area contributed by atoms with E-state index >= 15 is 0 Å². The molecule has 2 rings (SSSR count). The van der Waals surface area contributed by atoms with Gasteiger partial charge in [0.2, 0.25) is 5.91 Å². The van der Waals surface area contributed by atoms with Gasteiger partial charge in [0.05, 0.1) is 5.41 Å². The molecule has 1 aromatic rings. The van der Waals surface area contributed by atoms with Crippen molar-refractivity contribution in [1.82, 2.24) is 15.6 Å². The van der Waals surface area contributed by atoms with Crippen molar-refractivity contribution in [2.24, 2.45) is 11.3 Å². The smallest absolute Gasteiger partial charge is 0.474 e. The Morgan fingerprint density at radius 2 is 2.12 bits per heavy atom. The number of hydrogen-bond donors (Lipinski definition) is 2. The molecule has 32 heavy (non-hydrogen) atoms. The van der Waals surface area contributed by atoms with E-state index < -0.39 is 17.5 Å². The molecule has 1 aromatic heterocycles. The van der Waals surface area contributed by atoms with Gasteiger partial charge >= 0.3 is 6.36 Å². The van der Waals surface area contributed by atoms with Crippen LogP contribution in [-0.4, -0.2) is 43.0 Å². The van der Waals surface area contributed by atoms with Crippen LogP contribution in [0.2, 0.25) is 0 Å². The van der Waals surface area contributed by atoms with Gasteiger partial charge in [0, 0.05) is 24.7 Å². The summed E-state index contributed by atoms with van der Waals surface area (Å²) in [6, 6.07) is 2.29. The monoisotopic (exact) mass is 453 g/mol. The summed E-state index contributed by atoms with van der Waals surface area (Å²) >= 11 is 0. The third kappa shape index (κ3) is 7.71. The highest BCUT2D eigenvalue weighted by Gasteiger charge is 2.36. The van der Waals surface area contributed by atoms with Crippen molar-refractivity contribution in [3.8, 4) is 11.6 Å². The minimum absolute atomic E-state index is 0.0218. The van der Waals surface area contributed by atoms with Crippen LogP contribution in [0.15, 0.2) is 54.8 Å². The van der Waals surface area contributed by atoms with Crippen LogP contribution in [0.3, 0.4) is 0 Å². The summed E-state index contributed by atoms with van der Waals surface area (Å²) in [7, 11) is 0. The maximum absolute atomic E-state index is 13.0. The maximum atomic E-state index is 13.0. The van der Waals surface area contributed by atoms with Crippen LogP contribution in [0.1, 0.15) is 27.2 Å². The van der Waals surface area contributed by atoms with Gasteiger partial charge in [0.15, 0.2) is 5.75 Å². The first-order valence-corrected chi connectivity index (χ1v) is 10.4. The molecule has 2 N–H and O–H groups in total. The normalized spacial score (nSPS) is 19.8. The lowest BCUT2D eigenvalue weighted by Crippen LogP contribution is -2.53. The summed E-state index contributed by atoms with van der Waals surface area (Å²) in [6.07, 6.45) is 4.80. The molecule has 1 saturated heterocycles. The van der Waals surface area contributed by atoms with Gasteiger partial charge in [0.1, 0.15) is 6.61 Å². The minimum Gasteiger partial charge on any atom is -0.474 e. The fourth-order valence-electron chi connectivity index (χ4n) is 3.20. The molecule has 0 spiro atoms. The number of halogens is 3. The van der Waals surface area contributed by atoms with Crippen LogP contribution in [-0.2, 0) is 4.79 Å². The largest absolute Gasteiger partial charge is 0.573 e. The number of carbonyl (C=O) groups is 1. The topological polar surface area (TPSA) is 72.5 Å². The van der Waals surface area contributed by atoms with Crippen LogP contribution >= 0.6 is 0 Å². The molecule has 2 atom stereocenters. The van der Waals surface area contributed by atoms with E-state index in [0.29, 0.717) is 6.54 Å². The first kappa shape index (κ1) is 25.5. The van der Waals surface area contributed by atoms with Crippen LogP contribution in [0, 0.1) is 11.3 Å². The summed E-state index contributed by atoms with van der Waals surface area (Å²) in [5, 5.41) is 6.38. The first-order chi connectivity index (χ1) is 15.0. The predicted octanol–water partition coefficient (Wildman–Crippen LogP) is 4.17. The number of allylic oxidation sites excluding steroid dienone is 4. The molecule has 176 valence electrons. The van der Waals surface area contributed by atoms with Gasteiger partial charge in [-0.25, -0.2) is 4.98 Å². The summed E-state index contributed by atoms with van der Waals surface area (Å²) in [6.45, 7) is 10.6. The van der Waals surface area contributed by atoms with Crippen molar-refractivity contribution in [1.29, 1.82) is 0 Å². The second-order valence-corrected chi connectivity index (χ2v) is 8.17. The summed E-state index contributed by atoms with van der Waals surface area (Å²) in [5.41, 5.74) is -0.123. The highest BCUT2D eigenvalue weighted by atomic mass is 19.4. The van der Waals surface area contributed by atoms with E-state index in [4.69, 9.17) is 4.74 Å². The number of nitrogens with one attached hydrogen (secondary N) is 2. The third-order valence-corrected chi connectivity index (χ3v) is 5.04. The second-order valence-electron chi connectivity index (χ2n) is 8.17. The maximum Gasteiger partial charge on any atom is 0.573 e. The molecule has 1 aliphatic rings. The number of piperidine rings is 1. The molecule has 6 nitrogen and oxygen atoms in total. The summed E-state index contributed by atoms with van der Waals surface area (Å²) in [5.74, 6) is -1.13. The number of hydrogen-bond acceptors (Lipinski definition) is 5. The average Bonchev–Trinajstić information content (AvgIpc) is 2.72. The van der Waals surface area contributed by atoms with E-state index in [1.54, 1.807) is 13.8 Å². The molecule has 0 bridgehead atoms. The average molecular weight is 454 g/mol. The number of nitrogens with zero attached hydrogens (tertiary/aromatic N) is 1. The molecule has 0 saturated carbocycles. The van der Waals surface area contributed by atoms with Gasteiger partial charge in [-0.3, -0.25) is 4.79 Å². The van der Waals surface area contributed by atoms with Gasteiger partial charge in [-0.2, -0.15) is 0 Å². The van der Waals surface area contributed by atoms with Crippen LogP contribution in [0.5, 0.6) is 11.6 Å². The number of ether oxygens (including phenoxy) is 2. The molecule has 1 fully saturated rings. The van der Waals surface area contributed by atoms with E-state index in [-0.39, 0.29) is 30.4 Å². The number of aromatic nitrogens is 1. The second kappa shape index (κ2) is 11.2. The molecule has 0 aliphatic carbocycles. The van der Waals surface area contributed by atoms with Crippen LogP contribution in [0.25, 0.3) is 0 Å². The van der Waals surface area contributed by atoms with Gasteiger partial charge in [-0.05, 0) is 51.4 Å². The molecule has 0 aromatic carbocycles. The minimum atomic E-state index is -4.87. The molecule has 0 radical (unpaired) electrons. The number of alkyl halides is 3.